The molecule has 1 rings (SSSR count). The Labute approximate surface area is 90.8 Å². The van der Waals surface area contributed by atoms with Crippen LogP contribution in [0.1, 0.15) is 0 Å². The predicted octanol–water partition coefficient (Wildman–Crippen LogP) is -3.39. The van der Waals surface area contributed by atoms with Crippen molar-refractivity contribution in [1.82, 2.24) is 0 Å². The fraction of sp³-hybridized carbons (Fsp3) is 1.00. The summed E-state index contributed by atoms with van der Waals surface area (Å²) in [5.41, 5.74) is 0. The van der Waals surface area contributed by atoms with Gasteiger partial charge < -0.3 is 25.2 Å². The highest BCUT2D eigenvalue weighted by Crippen LogP contribution is 2.23. The molecule has 0 saturated carbocycles. The Balaban J connectivity index is 2.85. The van der Waals surface area contributed by atoms with Gasteiger partial charge in [0.25, 0.3) is 0 Å². The third kappa shape index (κ3) is 3.09. The van der Waals surface area contributed by atoms with Crippen LogP contribution in [0.4, 0.5) is 0 Å². The van der Waals surface area contributed by atoms with E-state index in [2.05, 4.69) is 8.92 Å². The summed E-state index contributed by atoms with van der Waals surface area (Å²) in [5.74, 6) is 0. The van der Waals surface area contributed by atoms with E-state index in [0.717, 1.165) is 0 Å². The molecule has 0 radical (unpaired) electrons. The quantitative estimate of drug-likeness (QED) is 0.327. The molecule has 5 N–H and O–H groups in total. The van der Waals surface area contributed by atoms with Gasteiger partial charge in [-0.3, -0.25) is 4.55 Å². The van der Waals surface area contributed by atoms with E-state index in [-0.39, 0.29) is 0 Å². The normalized spacial score (nSPS) is 40.9. The Morgan fingerprint density at radius 1 is 1.19 bits per heavy atom. The second kappa shape index (κ2) is 4.89. The molecule has 1 fully saturated rings. The topological polar surface area (TPSA) is 154 Å². The fourth-order valence-corrected chi connectivity index (χ4v) is 1.83. The first-order valence-electron chi connectivity index (χ1n) is 4.22. The molecule has 5 atom stereocenters. The van der Waals surface area contributed by atoms with Gasteiger partial charge in [0.2, 0.25) is 0 Å². The zero-order chi connectivity index (χ0) is 12.5. The van der Waals surface area contributed by atoms with Gasteiger partial charge in [0.05, 0.1) is 6.61 Å². The number of aliphatic hydroxyl groups is 4. The Morgan fingerprint density at radius 3 is 2.19 bits per heavy atom. The van der Waals surface area contributed by atoms with Crippen LogP contribution in [-0.2, 0) is 19.3 Å². The molecule has 0 spiro atoms. The van der Waals surface area contributed by atoms with Gasteiger partial charge in [-0.1, -0.05) is 0 Å². The van der Waals surface area contributed by atoms with Crippen LogP contribution in [0.3, 0.4) is 0 Å². The van der Waals surface area contributed by atoms with Gasteiger partial charge in [-0.25, -0.2) is 4.18 Å². The molecule has 0 unspecified atom stereocenters. The minimum atomic E-state index is -4.91. The molecule has 1 aliphatic rings. The zero-order valence-corrected chi connectivity index (χ0v) is 8.69. The van der Waals surface area contributed by atoms with E-state index in [1.807, 2.05) is 0 Å². The summed E-state index contributed by atoms with van der Waals surface area (Å²) < 4.78 is 37.8. The summed E-state index contributed by atoms with van der Waals surface area (Å²) in [6.45, 7) is -0.726. The molecule has 0 aromatic carbocycles. The highest BCUT2D eigenvalue weighted by molar-refractivity contribution is 7.80. The number of hydrogen-bond donors (Lipinski definition) is 5. The van der Waals surface area contributed by atoms with Crippen molar-refractivity contribution in [3.05, 3.63) is 0 Å². The largest absolute Gasteiger partial charge is 0.397 e. The van der Waals surface area contributed by atoms with Gasteiger partial charge in [-0.2, -0.15) is 8.42 Å². The van der Waals surface area contributed by atoms with Gasteiger partial charge in [0.15, 0.2) is 6.29 Å². The van der Waals surface area contributed by atoms with Crippen LogP contribution in [0.15, 0.2) is 0 Å². The van der Waals surface area contributed by atoms with Crippen LogP contribution >= 0.6 is 0 Å². The lowest BCUT2D eigenvalue weighted by Crippen LogP contribution is -2.59. The van der Waals surface area contributed by atoms with Crippen molar-refractivity contribution in [3.63, 3.8) is 0 Å². The first kappa shape index (κ1) is 13.7. The zero-order valence-electron chi connectivity index (χ0n) is 7.87. The second-order valence-corrected chi connectivity index (χ2v) is 4.27. The second-order valence-electron chi connectivity index (χ2n) is 3.22. The summed E-state index contributed by atoms with van der Waals surface area (Å²) in [7, 11) is -4.91. The fourth-order valence-electron chi connectivity index (χ4n) is 1.32. The standard InChI is InChI=1S/C6H12O9S/c7-1-2-3(8)5(15-16(11,12)13)4(9)6(10)14-2/h2-10H,1H2,(H,11,12,13)/t2-,3+,4-,5-,6+/m1/s1. The molecule has 1 heterocycles. The summed E-state index contributed by atoms with van der Waals surface area (Å²) in [6, 6.07) is 0. The molecule has 96 valence electrons. The van der Waals surface area contributed by atoms with Crippen LogP contribution in [0.5, 0.6) is 0 Å². The number of ether oxygens (including phenoxy) is 1. The van der Waals surface area contributed by atoms with E-state index >= 15 is 0 Å². The first-order chi connectivity index (χ1) is 7.26. The molecule has 10 heteroatoms. The lowest BCUT2D eigenvalue weighted by molar-refractivity contribution is -0.282. The first-order valence-corrected chi connectivity index (χ1v) is 5.59. The van der Waals surface area contributed by atoms with E-state index in [1.54, 1.807) is 0 Å². The molecule has 0 aromatic rings. The lowest BCUT2D eigenvalue weighted by atomic mass is 9.99. The van der Waals surface area contributed by atoms with Crippen molar-refractivity contribution < 1.29 is 42.3 Å². The highest BCUT2D eigenvalue weighted by Gasteiger charge is 2.46. The van der Waals surface area contributed by atoms with Gasteiger partial charge in [0, 0.05) is 0 Å². The predicted molar refractivity (Wildman–Crippen MR) is 46.4 cm³/mol. The van der Waals surface area contributed by atoms with E-state index in [9.17, 15) is 18.6 Å². The van der Waals surface area contributed by atoms with Crippen molar-refractivity contribution in [2.75, 3.05) is 6.61 Å². The Hall–Kier alpha value is -0.330. The molecule has 9 nitrogen and oxygen atoms in total. The van der Waals surface area contributed by atoms with Gasteiger partial charge in [-0.05, 0) is 0 Å². The maximum Gasteiger partial charge on any atom is 0.397 e. The molecule has 1 saturated heterocycles. The van der Waals surface area contributed by atoms with Crippen LogP contribution in [-0.4, -0.2) is 70.7 Å². The van der Waals surface area contributed by atoms with Crippen LogP contribution in [0.2, 0.25) is 0 Å². The summed E-state index contributed by atoms with van der Waals surface area (Å²) >= 11 is 0. The van der Waals surface area contributed by atoms with Crippen LogP contribution in [0, 0.1) is 0 Å². The van der Waals surface area contributed by atoms with E-state index < -0.39 is 47.7 Å². The third-order valence-corrected chi connectivity index (χ3v) is 2.54. The highest BCUT2D eigenvalue weighted by atomic mass is 32.3. The molecule has 16 heavy (non-hydrogen) atoms. The van der Waals surface area contributed by atoms with Crippen molar-refractivity contribution in [2.45, 2.75) is 30.7 Å². The lowest BCUT2D eigenvalue weighted by Gasteiger charge is -2.38. The van der Waals surface area contributed by atoms with Gasteiger partial charge in [-0.15, -0.1) is 0 Å². The molecule has 0 amide bonds. The molecule has 0 aliphatic carbocycles. The molecule has 0 aromatic heterocycles. The molecule has 1 aliphatic heterocycles. The average Bonchev–Trinajstić information content (AvgIpc) is 2.17. The molecule has 0 bridgehead atoms. The molecular formula is C6H12O9S. The average molecular weight is 260 g/mol. The van der Waals surface area contributed by atoms with Gasteiger partial charge >= 0.3 is 10.4 Å². The van der Waals surface area contributed by atoms with Crippen molar-refractivity contribution >= 4 is 10.4 Å². The van der Waals surface area contributed by atoms with Crippen molar-refractivity contribution in [3.8, 4) is 0 Å². The van der Waals surface area contributed by atoms with E-state index in [4.69, 9.17) is 14.8 Å². The van der Waals surface area contributed by atoms with Crippen LogP contribution < -0.4 is 0 Å². The van der Waals surface area contributed by atoms with Crippen molar-refractivity contribution in [1.29, 1.82) is 0 Å². The monoisotopic (exact) mass is 260 g/mol. The molecular weight excluding hydrogens is 248 g/mol. The number of aliphatic hydroxyl groups excluding tert-OH is 4. The Bertz CT molecular complexity index is 327. The van der Waals surface area contributed by atoms with Gasteiger partial charge in [0.1, 0.15) is 24.4 Å². The smallest absolute Gasteiger partial charge is 0.394 e. The van der Waals surface area contributed by atoms with Crippen LogP contribution in [0.25, 0.3) is 0 Å². The number of rotatable bonds is 3. The van der Waals surface area contributed by atoms with Crippen molar-refractivity contribution in [2.24, 2.45) is 0 Å². The minimum Gasteiger partial charge on any atom is -0.394 e. The Morgan fingerprint density at radius 2 is 1.75 bits per heavy atom. The SMILES string of the molecule is O=S(=O)(O)O[C@H]1[C@@H](O)[C@@H](O)O[C@H](CO)[C@@H]1O. The van der Waals surface area contributed by atoms with E-state index in [0.29, 0.717) is 0 Å². The van der Waals surface area contributed by atoms with E-state index in [1.165, 1.54) is 0 Å². The maximum absolute atomic E-state index is 10.4. The summed E-state index contributed by atoms with van der Waals surface area (Å²) in [4.78, 5) is 0. The summed E-state index contributed by atoms with van der Waals surface area (Å²) in [5, 5.41) is 36.5. The maximum atomic E-state index is 10.4. The third-order valence-electron chi connectivity index (χ3n) is 2.07. The Kier molecular flexibility index (Phi) is 4.20. The number of hydrogen-bond acceptors (Lipinski definition) is 8. The minimum absolute atomic E-state index is 0.726. The summed E-state index contributed by atoms with van der Waals surface area (Å²) in [6.07, 6.45) is -8.58.